The van der Waals surface area contributed by atoms with Crippen LogP contribution >= 0.6 is 0 Å². The first-order chi connectivity index (χ1) is 9.54. The Morgan fingerprint density at radius 2 is 1.95 bits per heavy atom. The van der Waals surface area contributed by atoms with Gasteiger partial charge in [0.25, 0.3) is 0 Å². The highest BCUT2D eigenvalue weighted by atomic mass is 19.4. The lowest BCUT2D eigenvalue weighted by atomic mass is 9.96. The summed E-state index contributed by atoms with van der Waals surface area (Å²) < 4.78 is 38.2. The molecule has 1 fully saturated rings. The van der Waals surface area contributed by atoms with Crippen molar-refractivity contribution in [1.82, 2.24) is 9.55 Å². The second-order valence-corrected chi connectivity index (χ2v) is 5.50. The van der Waals surface area contributed by atoms with Crippen LogP contribution in [0.25, 0.3) is 0 Å². The molecule has 1 aliphatic carbocycles. The minimum Gasteiger partial charge on any atom is -0.353 e. The molecule has 0 aromatic carbocycles. The molecule has 1 aliphatic rings. The maximum absolute atomic E-state index is 12.1. The highest BCUT2D eigenvalue weighted by Gasteiger charge is 2.25. The molecule has 1 N–H and O–H groups in total. The fraction of sp³-hybridized carbons (Fsp3) is 0.786. The lowest BCUT2D eigenvalue weighted by molar-refractivity contribution is -0.135. The Kier molecular flexibility index (Phi) is 5.31. The topological polar surface area (TPSA) is 29.9 Å². The third kappa shape index (κ3) is 5.06. The van der Waals surface area contributed by atoms with Crippen LogP contribution in [0.3, 0.4) is 0 Å². The Hall–Kier alpha value is -1.20. The summed E-state index contributed by atoms with van der Waals surface area (Å²) in [6, 6.07) is 0.458. The monoisotopic (exact) mass is 289 g/mol. The number of imidazole rings is 1. The van der Waals surface area contributed by atoms with Gasteiger partial charge in [0.15, 0.2) is 0 Å². The molecule has 1 heterocycles. The average molecular weight is 289 g/mol. The molecule has 1 aromatic rings. The molecule has 0 saturated heterocycles. The number of hydrogen-bond acceptors (Lipinski definition) is 2. The molecule has 0 radical (unpaired) electrons. The predicted octanol–water partition coefficient (Wildman–Crippen LogP) is 4.36. The predicted molar refractivity (Wildman–Crippen MR) is 72.6 cm³/mol. The van der Waals surface area contributed by atoms with Crippen molar-refractivity contribution in [1.29, 1.82) is 0 Å². The number of aryl methyl sites for hydroxylation is 1. The van der Waals surface area contributed by atoms with Gasteiger partial charge in [-0.3, -0.25) is 0 Å². The fourth-order valence-electron chi connectivity index (χ4n) is 2.67. The Morgan fingerprint density at radius 3 is 2.65 bits per heavy atom. The van der Waals surface area contributed by atoms with Crippen LogP contribution in [-0.4, -0.2) is 21.8 Å². The van der Waals surface area contributed by atoms with Gasteiger partial charge in [0.2, 0.25) is 5.95 Å². The number of alkyl halides is 3. The smallest absolute Gasteiger partial charge is 0.353 e. The molecule has 0 unspecified atom stereocenters. The number of nitrogens with one attached hydrogen (secondary N) is 1. The van der Waals surface area contributed by atoms with Gasteiger partial charge >= 0.3 is 6.18 Å². The van der Waals surface area contributed by atoms with Crippen LogP contribution in [0.5, 0.6) is 0 Å². The highest BCUT2D eigenvalue weighted by Crippen LogP contribution is 2.23. The van der Waals surface area contributed by atoms with E-state index in [1.165, 1.54) is 19.3 Å². The van der Waals surface area contributed by atoms with E-state index in [1.54, 1.807) is 6.20 Å². The third-order valence-corrected chi connectivity index (χ3v) is 3.76. The molecule has 0 atom stereocenters. The van der Waals surface area contributed by atoms with Gasteiger partial charge in [-0.2, -0.15) is 13.2 Å². The van der Waals surface area contributed by atoms with Gasteiger partial charge in [-0.1, -0.05) is 19.3 Å². The van der Waals surface area contributed by atoms with Crippen molar-refractivity contribution in [3.63, 3.8) is 0 Å². The summed E-state index contributed by atoms with van der Waals surface area (Å²) in [5.41, 5.74) is 0. The molecule has 0 aliphatic heterocycles. The van der Waals surface area contributed by atoms with Crippen molar-refractivity contribution in [3.8, 4) is 0 Å². The van der Waals surface area contributed by atoms with E-state index in [4.69, 9.17) is 0 Å². The van der Waals surface area contributed by atoms with Crippen LogP contribution < -0.4 is 5.32 Å². The molecule has 1 saturated carbocycles. The maximum atomic E-state index is 12.1. The van der Waals surface area contributed by atoms with Crippen LogP contribution in [0, 0.1) is 0 Å². The Labute approximate surface area is 117 Å². The van der Waals surface area contributed by atoms with Gasteiger partial charge in [-0.15, -0.1) is 0 Å². The second-order valence-electron chi connectivity index (χ2n) is 5.50. The maximum Gasteiger partial charge on any atom is 0.389 e. The zero-order valence-electron chi connectivity index (χ0n) is 11.6. The van der Waals surface area contributed by atoms with Crippen molar-refractivity contribution >= 4 is 5.95 Å². The van der Waals surface area contributed by atoms with Gasteiger partial charge in [-0.05, 0) is 25.7 Å². The van der Waals surface area contributed by atoms with E-state index in [1.807, 2.05) is 10.8 Å². The molecule has 6 heteroatoms. The number of aromatic nitrogens is 2. The average Bonchev–Trinajstić information content (AvgIpc) is 2.82. The van der Waals surface area contributed by atoms with Crippen LogP contribution in [0.1, 0.15) is 51.4 Å². The van der Waals surface area contributed by atoms with Crippen LogP contribution in [0.2, 0.25) is 0 Å². The fourth-order valence-corrected chi connectivity index (χ4v) is 2.67. The van der Waals surface area contributed by atoms with Crippen molar-refractivity contribution in [3.05, 3.63) is 12.4 Å². The zero-order valence-corrected chi connectivity index (χ0v) is 11.6. The van der Waals surface area contributed by atoms with E-state index in [2.05, 4.69) is 10.3 Å². The molecular weight excluding hydrogens is 267 g/mol. The third-order valence-electron chi connectivity index (χ3n) is 3.76. The summed E-state index contributed by atoms with van der Waals surface area (Å²) >= 11 is 0. The lowest BCUT2D eigenvalue weighted by Crippen LogP contribution is -2.24. The Balaban J connectivity index is 1.76. The summed E-state index contributed by atoms with van der Waals surface area (Å²) in [6.07, 6.45) is 5.57. The van der Waals surface area contributed by atoms with E-state index in [9.17, 15) is 13.2 Å². The van der Waals surface area contributed by atoms with Crippen molar-refractivity contribution in [2.45, 2.75) is 70.1 Å². The minimum absolute atomic E-state index is 0.171. The van der Waals surface area contributed by atoms with E-state index in [-0.39, 0.29) is 6.42 Å². The Bertz CT molecular complexity index is 395. The number of unbranched alkanes of at least 4 members (excludes halogenated alkanes) is 1. The largest absolute Gasteiger partial charge is 0.389 e. The second kappa shape index (κ2) is 6.99. The van der Waals surface area contributed by atoms with Gasteiger partial charge in [0.05, 0.1) is 0 Å². The van der Waals surface area contributed by atoms with Crippen LogP contribution in [0.4, 0.5) is 19.1 Å². The molecular formula is C14H22F3N3. The first-order valence-electron chi connectivity index (χ1n) is 7.39. The molecule has 3 nitrogen and oxygen atoms in total. The lowest BCUT2D eigenvalue weighted by Gasteiger charge is -2.23. The Morgan fingerprint density at radius 1 is 1.20 bits per heavy atom. The normalized spacial score (nSPS) is 17.4. The van der Waals surface area contributed by atoms with Crippen LogP contribution in [0.15, 0.2) is 12.4 Å². The molecule has 2 rings (SSSR count). The summed E-state index contributed by atoms with van der Waals surface area (Å²) in [5, 5.41) is 3.42. The van der Waals surface area contributed by atoms with Gasteiger partial charge in [0.1, 0.15) is 0 Å². The van der Waals surface area contributed by atoms with Crippen molar-refractivity contribution in [2.24, 2.45) is 0 Å². The van der Waals surface area contributed by atoms with E-state index >= 15 is 0 Å². The van der Waals surface area contributed by atoms with Crippen LogP contribution in [-0.2, 0) is 6.54 Å². The van der Waals surface area contributed by atoms with Gasteiger partial charge in [-0.25, -0.2) is 4.98 Å². The minimum atomic E-state index is -4.04. The number of rotatable bonds is 6. The quantitative estimate of drug-likeness (QED) is 0.789. The van der Waals surface area contributed by atoms with Crippen molar-refractivity contribution < 1.29 is 13.2 Å². The summed E-state index contributed by atoms with van der Waals surface area (Å²) in [6.45, 7) is 0.588. The van der Waals surface area contributed by atoms with Crippen molar-refractivity contribution in [2.75, 3.05) is 5.32 Å². The first kappa shape index (κ1) is 15.2. The van der Waals surface area contributed by atoms with E-state index < -0.39 is 12.6 Å². The molecule has 1 aromatic heterocycles. The molecule has 0 spiro atoms. The van der Waals surface area contributed by atoms with Gasteiger partial charge < -0.3 is 9.88 Å². The highest BCUT2D eigenvalue weighted by molar-refractivity contribution is 5.27. The number of anilines is 1. The molecule has 0 amide bonds. The number of hydrogen-bond donors (Lipinski definition) is 1. The van der Waals surface area contributed by atoms with Gasteiger partial charge in [0, 0.05) is 31.4 Å². The number of nitrogens with zero attached hydrogens (tertiary/aromatic N) is 2. The summed E-state index contributed by atoms with van der Waals surface area (Å²) in [4.78, 5) is 4.27. The summed E-state index contributed by atoms with van der Waals surface area (Å²) in [5.74, 6) is 0.795. The molecule has 114 valence electrons. The van der Waals surface area contributed by atoms with E-state index in [0.29, 0.717) is 19.0 Å². The summed E-state index contributed by atoms with van der Waals surface area (Å²) in [7, 11) is 0. The molecule has 0 bridgehead atoms. The van der Waals surface area contributed by atoms with E-state index in [0.717, 1.165) is 18.8 Å². The number of halogens is 3. The zero-order chi connectivity index (χ0) is 14.4. The molecule has 20 heavy (non-hydrogen) atoms. The SMILES string of the molecule is FC(F)(F)CCCCn1ccnc1NC1CCCCC1. The first-order valence-corrected chi connectivity index (χ1v) is 7.39. The standard InChI is InChI=1S/C14H22F3N3/c15-14(16,17)8-4-5-10-20-11-9-18-13(20)19-12-6-2-1-3-7-12/h9,11-12H,1-8,10H2,(H,18,19).